The smallest absolute Gasteiger partial charge is 0.338 e. The van der Waals surface area contributed by atoms with Crippen LogP contribution in [0.25, 0.3) is 0 Å². The Morgan fingerprint density at radius 2 is 1.75 bits per heavy atom. The summed E-state index contributed by atoms with van der Waals surface area (Å²) in [6.07, 6.45) is 3.94. The highest BCUT2D eigenvalue weighted by Gasteiger charge is 2.22. The Kier molecular flexibility index (Phi) is 6.28. The number of carbonyl (C=O) groups is 3. The number of esters is 1. The van der Waals surface area contributed by atoms with Gasteiger partial charge in [-0.05, 0) is 44.0 Å². The van der Waals surface area contributed by atoms with Crippen LogP contribution in [0.1, 0.15) is 49.4 Å². The first-order chi connectivity index (χ1) is 11.5. The Morgan fingerprint density at radius 3 is 2.38 bits per heavy atom. The summed E-state index contributed by atoms with van der Waals surface area (Å²) in [7, 11) is 0. The van der Waals surface area contributed by atoms with E-state index in [9.17, 15) is 18.8 Å². The van der Waals surface area contributed by atoms with Gasteiger partial charge in [0.2, 0.25) is 0 Å². The first kappa shape index (κ1) is 17.9. The van der Waals surface area contributed by atoms with Gasteiger partial charge in [0, 0.05) is 6.04 Å². The quantitative estimate of drug-likeness (QED) is 0.828. The van der Waals surface area contributed by atoms with Gasteiger partial charge in [0.25, 0.3) is 5.91 Å². The molecule has 1 aliphatic rings. The second-order valence-electron chi connectivity index (χ2n) is 5.85. The van der Waals surface area contributed by atoms with Crippen molar-refractivity contribution in [2.24, 2.45) is 0 Å². The zero-order valence-corrected chi connectivity index (χ0v) is 13.5. The standard InChI is InChI=1S/C17H21FN2O4/c1-11(24-16(22)12-7-9-13(18)10-8-12)15(21)20-17(23)19-14-5-3-2-4-6-14/h7-11,14H,2-6H2,1H3,(H2,19,20,21,23)/t11-/m0/s1. The summed E-state index contributed by atoms with van der Waals surface area (Å²) in [5.74, 6) is -1.94. The van der Waals surface area contributed by atoms with Gasteiger partial charge < -0.3 is 10.1 Å². The van der Waals surface area contributed by atoms with Crippen molar-refractivity contribution in [3.63, 3.8) is 0 Å². The Labute approximate surface area is 139 Å². The van der Waals surface area contributed by atoms with Crippen LogP contribution in [0.3, 0.4) is 0 Å². The van der Waals surface area contributed by atoms with Crippen LogP contribution in [0.5, 0.6) is 0 Å². The van der Waals surface area contributed by atoms with E-state index in [2.05, 4.69) is 10.6 Å². The highest BCUT2D eigenvalue weighted by molar-refractivity contribution is 5.98. The number of nitrogens with one attached hydrogen (secondary N) is 2. The number of ether oxygens (including phenoxy) is 1. The molecule has 7 heteroatoms. The number of carbonyl (C=O) groups excluding carboxylic acids is 3. The number of rotatable bonds is 4. The van der Waals surface area contributed by atoms with Crippen molar-refractivity contribution >= 4 is 17.9 Å². The molecular weight excluding hydrogens is 315 g/mol. The number of halogens is 1. The predicted molar refractivity (Wildman–Crippen MR) is 84.8 cm³/mol. The van der Waals surface area contributed by atoms with Crippen molar-refractivity contribution in [3.8, 4) is 0 Å². The number of hydrogen-bond acceptors (Lipinski definition) is 4. The molecule has 1 fully saturated rings. The monoisotopic (exact) mass is 336 g/mol. The molecule has 1 atom stereocenters. The zero-order valence-electron chi connectivity index (χ0n) is 13.5. The van der Waals surface area contributed by atoms with Gasteiger partial charge in [-0.15, -0.1) is 0 Å². The Hall–Kier alpha value is -2.44. The third-order valence-electron chi connectivity index (χ3n) is 3.91. The molecule has 24 heavy (non-hydrogen) atoms. The van der Waals surface area contributed by atoms with E-state index in [1.165, 1.54) is 19.1 Å². The van der Waals surface area contributed by atoms with Crippen molar-refractivity contribution in [2.45, 2.75) is 51.2 Å². The topological polar surface area (TPSA) is 84.5 Å². The summed E-state index contributed by atoms with van der Waals surface area (Å²) in [5.41, 5.74) is 0.128. The van der Waals surface area contributed by atoms with Crippen molar-refractivity contribution in [3.05, 3.63) is 35.6 Å². The first-order valence-corrected chi connectivity index (χ1v) is 8.03. The maximum atomic E-state index is 12.8. The molecule has 0 bridgehead atoms. The second kappa shape index (κ2) is 8.42. The maximum Gasteiger partial charge on any atom is 0.338 e. The minimum atomic E-state index is -1.14. The third-order valence-corrected chi connectivity index (χ3v) is 3.91. The van der Waals surface area contributed by atoms with Gasteiger partial charge in [0.05, 0.1) is 5.56 Å². The van der Waals surface area contributed by atoms with E-state index in [1.54, 1.807) is 0 Å². The average molecular weight is 336 g/mol. The molecule has 0 radical (unpaired) electrons. The van der Waals surface area contributed by atoms with Crippen molar-refractivity contribution in [2.75, 3.05) is 0 Å². The van der Waals surface area contributed by atoms with Crippen LogP contribution in [0.4, 0.5) is 9.18 Å². The lowest BCUT2D eigenvalue weighted by Crippen LogP contribution is -2.48. The number of urea groups is 1. The van der Waals surface area contributed by atoms with E-state index in [0.29, 0.717) is 0 Å². The van der Waals surface area contributed by atoms with Crippen LogP contribution < -0.4 is 10.6 Å². The van der Waals surface area contributed by atoms with E-state index in [1.807, 2.05) is 0 Å². The SMILES string of the molecule is C[C@H](OC(=O)c1ccc(F)cc1)C(=O)NC(=O)NC1CCCCC1. The largest absolute Gasteiger partial charge is 0.449 e. The molecular formula is C17H21FN2O4. The lowest BCUT2D eigenvalue weighted by atomic mass is 9.96. The lowest BCUT2D eigenvalue weighted by molar-refractivity contribution is -0.127. The summed E-state index contributed by atoms with van der Waals surface area (Å²) in [6.45, 7) is 1.37. The van der Waals surface area contributed by atoms with Crippen molar-refractivity contribution in [1.29, 1.82) is 0 Å². The van der Waals surface area contributed by atoms with Crippen LogP contribution in [-0.4, -0.2) is 30.1 Å². The Bertz CT molecular complexity index is 597. The molecule has 0 aliphatic heterocycles. The zero-order chi connectivity index (χ0) is 17.5. The van der Waals surface area contributed by atoms with E-state index >= 15 is 0 Å². The molecule has 1 saturated carbocycles. The lowest BCUT2D eigenvalue weighted by Gasteiger charge is -2.23. The molecule has 0 spiro atoms. The summed E-state index contributed by atoms with van der Waals surface area (Å²) < 4.78 is 17.8. The van der Waals surface area contributed by atoms with Gasteiger partial charge >= 0.3 is 12.0 Å². The number of imide groups is 1. The molecule has 0 aromatic heterocycles. The minimum absolute atomic E-state index is 0.0728. The molecule has 130 valence electrons. The molecule has 1 aliphatic carbocycles. The fraction of sp³-hybridized carbons (Fsp3) is 0.471. The molecule has 1 aromatic carbocycles. The van der Waals surface area contributed by atoms with E-state index in [-0.39, 0.29) is 11.6 Å². The Morgan fingerprint density at radius 1 is 1.12 bits per heavy atom. The van der Waals surface area contributed by atoms with E-state index in [0.717, 1.165) is 44.2 Å². The highest BCUT2D eigenvalue weighted by Crippen LogP contribution is 2.17. The number of benzene rings is 1. The first-order valence-electron chi connectivity index (χ1n) is 8.03. The van der Waals surface area contributed by atoms with Crippen molar-refractivity contribution in [1.82, 2.24) is 10.6 Å². The van der Waals surface area contributed by atoms with Gasteiger partial charge in [-0.1, -0.05) is 19.3 Å². The normalized spacial score (nSPS) is 16.1. The van der Waals surface area contributed by atoms with Crippen molar-refractivity contribution < 1.29 is 23.5 Å². The number of hydrogen-bond donors (Lipinski definition) is 2. The predicted octanol–water partition coefficient (Wildman–Crippen LogP) is 2.53. The highest BCUT2D eigenvalue weighted by atomic mass is 19.1. The summed E-state index contributed by atoms with van der Waals surface area (Å²) >= 11 is 0. The minimum Gasteiger partial charge on any atom is -0.449 e. The molecule has 0 unspecified atom stereocenters. The molecule has 0 heterocycles. The Balaban J connectivity index is 1.79. The molecule has 3 amide bonds. The summed E-state index contributed by atoms with van der Waals surface area (Å²) in [4.78, 5) is 35.5. The third kappa shape index (κ3) is 5.33. The summed E-state index contributed by atoms with van der Waals surface area (Å²) in [5, 5.41) is 4.91. The van der Waals surface area contributed by atoms with Crippen LogP contribution in [-0.2, 0) is 9.53 Å². The van der Waals surface area contributed by atoms with Gasteiger partial charge in [0.1, 0.15) is 5.82 Å². The average Bonchev–Trinajstić information content (AvgIpc) is 2.56. The number of amides is 3. The van der Waals surface area contributed by atoms with Gasteiger partial charge in [-0.3, -0.25) is 10.1 Å². The molecule has 2 N–H and O–H groups in total. The molecule has 0 saturated heterocycles. The van der Waals surface area contributed by atoms with Crippen LogP contribution >= 0.6 is 0 Å². The van der Waals surface area contributed by atoms with Gasteiger partial charge in [-0.2, -0.15) is 0 Å². The fourth-order valence-corrected chi connectivity index (χ4v) is 2.55. The molecule has 1 aromatic rings. The van der Waals surface area contributed by atoms with Gasteiger partial charge in [-0.25, -0.2) is 14.0 Å². The molecule has 6 nitrogen and oxygen atoms in total. The van der Waals surface area contributed by atoms with Crippen LogP contribution in [0.15, 0.2) is 24.3 Å². The fourth-order valence-electron chi connectivity index (χ4n) is 2.55. The van der Waals surface area contributed by atoms with Crippen LogP contribution in [0, 0.1) is 5.82 Å². The maximum absolute atomic E-state index is 12.8. The van der Waals surface area contributed by atoms with Gasteiger partial charge in [0.15, 0.2) is 6.10 Å². The summed E-state index contributed by atoms with van der Waals surface area (Å²) in [6, 6.07) is 4.26. The molecule has 2 rings (SSSR count). The van der Waals surface area contributed by atoms with E-state index in [4.69, 9.17) is 4.74 Å². The second-order valence-corrected chi connectivity index (χ2v) is 5.85. The van der Waals surface area contributed by atoms with Crippen LogP contribution in [0.2, 0.25) is 0 Å². The van der Waals surface area contributed by atoms with E-state index < -0.39 is 29.8 Å².